The van der Waals surface area contributed by atoms with Crippen molar-refractivity contribution in [2.75, 3.05) is 5.73 Å². The third-order valence-electron chi connectivity index (χ3n) is 6.24. The molecular formula is C27H26N8O2. The fourth-order valence-electron chi connectivity index (χ4n) is 4.33. The Kier molecular flexibility index (Phi) is 6.31. The number of para-hydroxylation sites is 1. The molecule has 2 N–H and O–H groups in total. The number of aliphatic imine (C=N–C) groups is 1. The molecule has 0 saturated heterocycles. The molecule has 3 aromatic heterocycles. The molecule has 0 aliphatic heterocycles. The van der Waals surface area contributed by atoms with Gasteiger partial charge in [-0.25, -0.2) is 19.9 Å². The summed E-state index contributed by atoms with van der Waals surface area (Å²) in [7, 11) is 0. The summed E-state index contributed by atoms with van der Waals surface area (Å²) in [5, 5.41) is 4.55. The molecule has 0 radical (unpaired) electrons. The molecule has 0 aliphatic carbocycles. The van der Waals surface area contributed by atoms with Gasteiger partial charge in [0.15, 0.2) is 5.82 Å². The number of anilines is 1. The van der Waals surface area contributed by atoms with E-state index in [0.29, 0.717) is 40.4 Å². The second-order valence-corrected chi connectivity index (χ2v) is 8.75. The lowest BCUT2D eigenvalue weighted by Crippen LogP contribution is -2.27. The predicted molar refractivity (Wildman–Crippen MR) is 142 cm³/mol. The summed E-state index contributed by atoms with van der Waals surface area (Å²) < 4.78 is 6.81. The van der Waals surface area contributed by atoms with E-state index in [2.05, 4.69) is 25.1 Å². The van der Waals surface area contributed by atoms with Crippen LogP contribution in [0.5, 0.6) is 0 Å². The molecule has 2 aromatic carbocycles. The molecule has 0 fully saturated rings. The lowest BCUT2D eigenvalue weighted by Gasteiger charge is -2.20. The molecule has 0 bridgehead atoms. The minimum Gasteiger partial charge on any atom is -0.383 e. The molecule has 3 heterocycles. The van der Waals surface area contributed by atoms with Crippen molar-refractivity contribution in [3.05, 3.63) is 82.0 Å². The Hall–Kier alpha value is -4.73. The average molecular weight is 495 g/mol. The summed E-state index contributed by atoms with van der Waals surface area (Å²) >= 11 is 0. The Balaban J connectivity index is 1.70. The molecule has 0 aliphatic rings. The average Bonchev–Trinajstić information content (AvgIpc) is 3.31. The van der Waals surface area contributed by atoms with E-state index in [1.54, 1.807) is 17.7 Å². The van der Waals surface area contributed by atoms with Gasteiger partial charge >= 0.3 is 0 Å². The molecule has 10 heteroatoms. The van der Waals surface area contributed by atoms with Crippen LogP contribution in [0.3, 0.4) is 0 Å². The summed E-state index contributed by atoms with van der Waals surface area (Å²) in [4.78, 5) is 36.2. The van der Waals surface area contributed by atoms with Crippen LogP contribution in [-0.4, -0.2) is 35.9 Å². The van der Waals surface area contributed by atoms with E-state index in [1.165, 1.54) is 6.33 Å². The second kappa shape index (κ2) is 9.73. The Morgan fingerprint density at radius 2 is 1.84 bits per heavy atom. The summed E-state index contributed by atoms with van der Waals surface area (Å²) in [6, 6.07) is 13.5. The third-order valence-corrected chi connectivity index (χ3v) is 6.24. The summed E-state index contributed by atoms with van der Waals surface area (Å²) in [6.07, 6.45) is 3.70. The van der Waals surface area contributed by atoms with Crippen molar-refractivity contribution in [3.8, 4) is 17.1 Å². The first-order valence-electron chi connectivity index (χ1n) is 11.9. The Bertz CT molecular complexity index is 1700. The fourth-order valence-corrected chi connectivity index (χ4v) is 4.33. The van der Waals surface area contributed by atoms with Crippen LogP contribution in [0.15, 0.2) is 63.1 Å². The first-order valence-corrected chi connectivity index (χ1v) is 11.9. The molecule has 0 saturated carbocycles. The third kappa shape index (κ3) is 4.37. The number of hydrogen-bond acceptors (Lipinski definition) is 9. The Labute approximate surface area is 213 Å². The first-order chi connectivity index (χ1) is 17.9. The van der Waals surface area contributed by atoms with Crippen molar-refractivity contribution >= 4 is 28.8 Å². The van der Waals surface area contributed by atoms with Gasteiger partial charge in [0.1, 0.15) is 23.5 Å². The van der Waals surface area contributed by atoms with Gasteiger partial charge in [-0.2, -0.15) is 4.98 Å². The Morgan fingerprint density at radius 1 is 1.05 bits per heavy atom. The van der Waals surface area contributed by atoms with E-state index in [0.717, 1.165) is 16.8 Å². The molecular weight excluding hydrogens is 468 g/mol. The highest BCUT2D eigenvalue weighted by Crippen LogP contribution is 2.31. The van der Waals surface area contributed by atoms with Gasteiger partial charge in [-0.15, -0.1) is 0 Å². The van der Waals surface area contributed by atoms with Gasteiger partial charge in [-0.3, -0.25) is 9.36 Å². The van der Waals surface area contributed by atoms with Crippen LogP contribution in [0.4, 0.5) is 11.6 Å². The highest BCUT2D eigenvalue weighted by Gasteiger charge is 2.22. The predicted octanol–water partition coefficient (Wildman–Crippen LogP) is 4.63. The maximum absolute atomic E-state index is 13.9. The van der Waals surface area contributed by atoms with Gasteiger partial charge in [0.2, 0.25) is 11.7 Å². The number of fused-ring (bicyclic) bond motifs is 1. The molecule has 186 valence electrons. The molecule has 0 amide bonds. The van der Waals surface area contributed by atoms with Gasteiger partial charge in [0, 0.05) is 13.1 Å². The number of nitrogen functional groups attached to an aromatic ring is 1. The smallest absolute Gasteiger partial charge is 0.266 e. The number of hydrogen-bond donors (Lipinski definition) is 1. The largest absolute Gasteiger partial charge is 0.383 e. The number of rotatable bonds is 6. The van der Waals surface area contributed by atoms with E-state index in [-0.39, 0.29) is 23.1 Å². The maximum atomic E-state index is 13.9. The van der Waals surface area contributed by atoms with E-state index in [4.69, 9.17) is 15.2 Å². The monoisotopic (exact) mass is 494 g/mol. The minimum atomic E-state index is -0.312. The zero-order chi connectivity index (χ0) is 26.1. The fraction of sp³-hybridized carbons (Fsp3) is 0.222. The van der Waals surface area contributed by atoms with Gasteiger partial charge < -0.3 is 10.3 Å². The van der Waals surface area contributed by atoms with E-state index < -0.39 is 0 Å². The molecule has 1 atom stereocenters. The van der Waals surface area contributed by atoms with Gasteiger partial charge in [-0.1, -0.05) is 42.4 Å². The van der Waals surface area contributed by atoms with Crippen LogP contribution in [0.1, 0.15) is 42.1 Å². The van der Waals surface area contributed by atoms with Crippen molar-refractivity contribution < 1.29 is 4.52 Å². The Morgan fingerprint density at radius 3 is 2.57 bits per heavy atom. The quantitative estimate of drug-likeness (QED) is 0.337. The van der Waals surface area contributed by atoms with Crippen LogP contribution in [0.2, 0.25) is 0 Å². The van der Waals surface area contributed by atoms with Crippen molar-refractivity contribution in [1.82, 2.24) is 29.7 Å². The van der Waals surface area contributed by atoms with E-state index in [9.17, 15) is 4.79 Å². The normalized spacial score (nSPS) is 12.4. The lowest BCUT2D eigenvalue weighted by molar-refractivity contribution is 0.394. The van der Waals surface area contributed by atoms with Crippen LogP contribution < -0.4 is 11.3 Å². The number of nitrogens with two attached hydrogens (primary N) is 1. The van der Waals surface area contributed by atoms with Gasteiger partial charge in [0.05, 0.1) is 22.5 Å². The number of aromatic nitrogens is 6. The lowest BCUT2D eigenvalue weighted by atomic mass is 10.0. The molecule has 5 aromatic rings. The van der Waals surface area contributed by atoms with Crippen molar-refractivity contribution in [2.24, 2.45) is 4.99 Å². The van der Waals surface area contributed by atoms with Gasteiger partial charge in [-0.05, 0) is 43.5 Å². The SMILES string of the molecule is CCC(C=Nc1ncnc(N)c1-c1noc(C)n1)c1nc2cccc(C)c2c(=O)n1-c1ccccc1C. The number of benzene rings is 2. The molecule has 1 unspecified atom stereocenters. The molecule has 5 rings (SSSR count). The standard InChI is InChI=1S/C27H26N8O2/c1-5-18(13-29-24-22(23(28)30-14-31-24)25-32-17(4)37-34-25)26-33-19-11-8-10-16(3)21(19)27(36)35(26)20-12-7-6-9-15(20)2/h6-14,18H,5H2,1-4H3,(H2,28,30,31). The minimum absolute atomic E-state index is 0.117. The van der Waals surface area contributed by atoms with Crippen LogP contribution in [0, 0.1) is 20.8 Å². The van der Waals surface area contributed by atoms with Crippen molar-refractivity contribution in [1.29, 1.82) is 0 Å². The van der Waals surface area contributed by atoms with Gasteiger partial charge in [0.25, 0.3) is 5.56 Å². The van der Waals surface area contributed by atoms with E-state index >= 15 is 0 Å². The maximum Gasteiger partial charge on any atom is 0.266 e. The number of aryl methyl sites for hydroxylation is 3. The summed E-state index contributed by atoms with van der Waals surface area (Å²) in [6.45, 7) is 7.60. The van der Waals surface area contributed by atoms with Crippen LogP contribution >= 0.6 is 0 Å². The summed E-state index contributed by atoms with van der Waals surface area (Å²) in [5.74, 6) is 1.40. The topological polar surface area (TPSA) is 138 Å². The highest BCUT2D eigenvalue weighted by molar-refractivity contribution is 5.84. The van der Waals surface area contributed by atoms with Crippen LogP contribution in [-0.2, 0) is 0 Å². The number of nitrogens with zero attached hydrogens (tertiary/aromatic N) is 7. The van der Waals surface area contributed by atoms with Crippen LogP contribution in [0.25, 0.3) is 28.0 Å². The molecule has 0 spiro atoms. The first kappa shape index (κ1) is 24.0. The zero-order valence-corrected chi connectivity index (χ0v) is 21.0. The van der Waals surface area contributed by atoms with Crippen molar-refractivity contribution in [2.45, 2.75) is 40.0 Å². The molecule has 37 heavy (non-hydrogen) atoms. The van der Waals surface area contributed by atoms with E-state index in [1.807, 2.05) is 63.2 Å². The molecule has 10 nitrogen and oxygen atoms in total. The zero-order valence-electron chi connectivity index (χ0n) is 21.0. The van der Waals surface area contributed by atoms with Crippen molar-refractivity contribution in [3.63, 3.8) is 0 Å². The summed E-state index contributed by atoms with van der Waals surface area (Å²) in [5.41, 5.74) is 9.65. The second-order valence-electron chi connectivity index (χ2n) is 8.75. The highest BCUT2D eigenvalue weighted by atomic mass is 16.5.